The van der Waals surface area contributed by atoms with Crippen molar-refractivity contribution in [1.82, 2.24) is 4.31 Å². The van der Waals surface area contributed by atoms with Crippen molar-refractivity contribution in [2.45, 2.75) is 44.6 Å². The Labute approximate surface area is 188 Å². The number of sulfonamides is 1. The molecule has 8 nitrogen and oxygen atoms in total. The van der Waals surface area contributed by atoms with E-state index in [1.54, 1.807) is 13.0 Å². The summed E-state index contributed by atoms with van der Waals surface area (Å²) in [6.07, 6.45) is 0.574. The highest BCUT2D eigenvalue weighted by atomic mass is 32.2. The molecule has 2 amide bonds. The van der Waals surface area contributed by atoms with Gasteiger partial charge in [0.2, 0.25) is 15.9 Å². The Hall–Kier alpha value is -2.91. The van der Waals surface area contributed by atoms with Crippen LogP contribution in [0, 0.1) is 19.8 Å². The number of amides is 2. The van der Waals surface area contributed by atoms with Gasteiger partial charge < -0.3 is 15.4 Å². The summed E-state index contributed by atoms with van der Waals surface area (Å²) in [6.45, 7) is 5.95. The molecule has 4 rings (SSSR count). The van der Waals surface area contributed by atoms with Crippen molar-refractivity contribution in [2.75, 3.05) is 23.7 Å². The van der Waals surface area contributed by atoms with E-state index in [0.29, 0.717) is 30.8 Å². The lowest BCUT2D eigenvalue weighted by Crippen LogP contribution is -2.43. The summed E-state index contributed by atoms with van der Waals surface area (Å²) in [5, 5.41) is 5.64. The minimum absolute atomic E-state index is 0.0605. The van der Waals surface area contributed by atoms with Gasteiger partial charge in [0.05, 0.1) is 16.5 Å². The van der Waals surface area contributed by atoms with Gasteiger partial charge in [0.15, 0.2) is 6.10 Å². The zero-order valence-electron chi connectivity index (χ0n) is 18.3. The summed E-state index contributed by atoms with van der Waals surface area (Å²) in [4.78, 5) is 24.9. The predicted octanol–water partition coefficient (Wildman–Crippen LogP) is 3.06. The lowest BCUT2D eigenvalue weighted by molar-refractivity contribution is -0.123. The molecule has 1 saturated heterocycles. The van der Waals surface area contributed by atoms with Crippen molar-refractivity contribution in [2.24, 2.45) is 5.92 Å². The molecule has 1 fully saturated rings. The number of nitrogens with zero attached hydrogens (tertiary/aromatic N) is 1. The van der Waals surface area contributed by atoms with Crippen molar-refractivity contribution >= 4 is 33.2 Å². The van der Waals surface area contributed by atoms with Gasteiger partial charge in [-0.3, -0.25) is 9.59 Å². The van der Waals surface area contributed by atoms with Gasteiger partial charge in [-0.05, 0) is 69.0 Å². The van der Waals surface area contributed by atoms with Crippen LogP contribution >= 0.6 is 0 Å². The van der Waals surface area contributed by atoms with Crippen LogP contribution in [0.25, 0.3) is 0 Å². The average Bonchev–Trinajstić information content (AvgIpc) is 2.76. The van der Waals surface area contributed by atoms with Gasteiger partial charge in [-0.15, -0.1) is 0 Å². The first-order chi connectivity index (χ1) is 15.1. The molecule has 2 aromatic rings. The van der Waals surface area contributed by atoms with Gasteiger partial charge in [0, 0.05) is 18.8 Å². The minimum atomic E-state index is -3.83. The maximum atomic E-state index is 13.3. The van der Waals surface area contributed by atoms with Gasteiger partial charge >= 0.3 is 0 Å². The molecule has 2 atom stereocenters. The average molecular weight is 458 g/mol. The fraction of sp³-hybridized carbons (Fsp3) is 0.391. The van der Waals surface area contributed by atoms with Crippen molar-refractivity contribution < 1.29 is 22.7 Å². The first-order valence-corrected chi connectivity index (χ1v) is 12.1. The van der Waals surface area contributed by atoms with Gasteiger partial charge in [0.25, 0.3) is 5.91 Å². The van der Waals surface area contributed by atoms with Gasteiger partial charge in [-0.25, -0.2) is 8.42 Å². The molecule has 9 heteroatoms. The molecular weight excluding hydrogens is 430 g/mol. The number of aryl methyl sites for hydroxylation is 2. The van der Waals surface area contributed by atoms with Crippen LogP contribution in [0.3, 0.4) is 0 Å². The van der Waals surface area contributed by atoms with Crippen molar-refractivity contribution in [1.29, 1.82) is 0 Å². The molecule has 2 N–H and O–H groups in total. The maximum absolute atomic E-state index is 13.3. The zero-order chi connectivity index (χ0) is 23.0. The number of fused-ring (bicyclic) bond motifs is 1. The highest BCUT2D eigenvalue weighted by Gasteiger charge is 2.34. The van der Waals surface area contributed by atoms with Crippen LogP contribution in [0.5, 0.6) is 5.75 Å². The topological polar surface area (TPSA) is 105 Å². The number of nitrogens with one attached hydrogen (secondary N) is 2. The number of anilines is 2. The summed E-state index contributed by atoms with van der Waals surface area (Å²) >= 11 is 0. The molecule has 0 saturated carbocycles. The molecule has 2 aromatic carbocycles. The smallest absolute Gasteiger partial charge is 0.265 e. The molecule has 0 bridgehead atoms. The molecule has 0 radical (unpaired) electrons. The number of rotatable bonds is 4. The molecule has 2 unspecified atom stereocenters. The fourth-order valence-corrected chi connectivity index (χ4v) is 5.53. The van der Waals surface area contributed by atoms with Crippen LogP contribution in [0.1, 0.15) is 30.9 Å². The largest absolute Gasteiger partial charge is 0.479 e. The Morgan fingerprint density at radius 1 is 1.19 bits per heavy atom. The summed E-state index contributed by atoms with van der Waals surface area (Å²) in [5.74, 6) is -0.521. The molecule has 0 aliphatic carbocycles. The fourth-order valence-electron chi connectivity index (χ4n) is 3.98. The third-order valence-electron chi connectivity index (χ3n) is 5.93. The van der Waals surface area contributed by atoms with E-state index in [0.717, 1.165) is 16.8 Å². The third-order valence-corrected chi connectivity index (χ3v) is 7.79. The quantitative estimate of drug-likeness (QED) is 0.734. The first-order valence-electron chi connectivity index (χ1n) is 10.6. The summed E-state index contributed by atoms with van der Waals surface area (Å²) in [5.41, 5.74) is 3.07. The molecule has 170 valence electrons. The Kier molecular flexibility index (Phi) is 5.96. The van der Waals surface area contributed by atoms with E-state index in [2.05, 4.69) is 10.6 Å². The normalized spacial score (nSPS) is 21.3. The highest BCUT2D eigenvalue weighted by molar-refractivity contribution is 7.89. The maximum Gasteiger partial charge on any atom is 0.265 e. The Balaban J connectivity index is 1.51. The van der Waals surface area contributed by atoms with E-state index < -0.39 is 22.0 Å². The second kappa shape index (κ2) is 8.55. The van der Waals surface area contributed by atoms with E-state index in [1.807, 2.05) is 32.0 Å². The van der Waals surface area contributed by atoms with E-state index in [-0.39, 0.29) is 23.3 Å². The predicted molar refractivity (Wildman–Crippen MR) is 121 cm³/mol. The summed E-state index contributed by atoms with van der Waals surface area (Å²) < 4.78 is 33.4. The number of carbonyl (C=O) groups excluding carboxylic acids is 2. The lowest BCUT2D eigenvalue weighted by Gasteiger charge is -2.31. The SMILES string of the molecule is Cc1ccc(C)c(NC(=O)C2CCCN(S(=O)(=O)c3ccc4c(c3)NC(=O)C(C)O4)C2)c1. The number of ether oxygens (including phenoxy) is 1. The Bertz CT molecular complexity index is 1180. The molecule has 0 spiro atoms. The second-order valence-electron chi connectivity index (χ2n) is 8.42. The van der Waals surface area contributed by atoms with Crippen LogP contribution < -0.4 is 15.4 Å². The van der Waals surface area contributed by atoms with Crippen molar-refractivity contribution in [3.05, 3.63) is 47.5 Å². The summed E-state index contributed by atoms with van der Waals surface area (Å²) in [6, 6.07) is 10.3. The van der Waals surface area contributed by atoms with Crippen LogP contribution in [0.15, 0.2) is 41.3 Å². The monoisotopic (exact) mass is 457 g/mol. The van der Waals surface area contributed by atoms with E-state index in [1.165, 1.54) is 16.4 Å². The number of hydrogen-bond acceptors (Lipinski definition) is 5. The van der Waals surface area contributed by atoms with Crippen LogP contribution in [0.2, 0.25) is 0 Å². The molecule has 2 heterocycles. The molecule has 2 aliphatic rings. The van der Waals surface area contributed by atoms with Crippen molar-refractivity contribution in [3.8, 4) is 5.75 Å². The van der Waals surface area contributed by atoms with Crippen LogP contribution in [0.4, 0.5) is 11.4 Å². The molecular formula is C23H27N3O5S. The molecule has 2 aliphatic heterocycles. The number of piperidine rings is 1. The Morgan fingerprint density at radius 2 is 1.97 bits per heavy atom. The van der Waals surface area contributed by atoms with Crippen molar-refractivity contribution in [3.63, 3.8) is 0 Å². The highest BCUT2D eigenvalue weighted by Crippen LogP contribution is 2.34. The molecule has 32 heavy (non-hydrogen) atoms. The number of carbonyl (C=O) groups is 2. The van der Waals surface area contributed by atoms with E-state index in [4.69, 9.17) is 4.74 Å². The number of hydrogen-bond donors (Lipinski definition) is 2. The van der Waals surface area contributed by atoms with Crippen LogP contribution in [-0.4, -0.2) is 43.7 Å². The third kappa shape index (κ3) is 4.35. The lowest BCUT2D eigenvalue weighted by atomic mass is 9.98. The molecule has 0 aromatic heterocycles. The second-order valence-corrected chi connectivity index (χ2v) is 10.4. The van der Waals surface area contributed by atoms with Crippen LogP contribution in [-0.2, 0) is 19.6 Å². The minimum Gasteiger partial charge on any atom is -0.479 e. The van der Waals surface area contributed by atoms with E-state index >= 15 is 0 Å². The van der Waals surface area contributed by atoms with Gasteiger partial charge in [-0.2, -0.15) is 4.31 Å². The van der Waals surface area contributed by atoms with E-state index in [9.17, 15) is 18.0 Å². The Morgan fingerprint density at radius 3 is 2.75 bits per heavy atom. The van der Waals surface area contributed by atoms with Gasteiger partial charge in [0.1, 0.15) is 5.75 Å². The zero-order valence-corrected chi connectivity index (χ0v) is 19.2. The first kappa shape index (κ1) is 22.3. The standard InChI is InChI=1S/C23H27N3O5S/c1-14-6-7-15(2)19(11-14)24-23(28)17-5-4-10-26(13-17)32(29,30)18-8-9-21-20(12-18)25-22(27)16(3)31-21/h6-9,11-12,16-17H,4-5,10,13H2,1-3H3,(H,24,28)(H,25,27). The van der Waals surface area contributed by atoms with Gasteiger partial charge in [-0.1, -0.05) is 12.1 Å². The number of benzene rings is 2. The summed E-state index contributed by atoms with van der Waals surface area (Å²) in [7, 11) is -3.83.